The van der Waals surface area contributed by atoms with Crippen molar-refractivity contribution in [2.24, 2.45) is 16.5 Å². The minimum atomic E-state index is -3.74. The lowest BCUT2D eigenvalue weighted by atomic mass is 9.55. The van der Waals surface area contributed by atoms with Crippen molar-refractivity contribution in [1.82, 2.24) is 5.32 Å². The molecule has 0 saturated heterocycles. The number of nitrogens with two attached hydrogens (primary N) is 1. The van der Waals surface area contributed by atoms with Gasteiger partial charge in [-0.15, -0.1) is 0 Å². The topological polar surface area (TPSA) is 85.3 Å². The molecule has 21 heavy (non-hydrogen) atoms. The third-order valence-corrected chi connectivity index (χ3v) is 6.08. The van der Waals surface area contributed by atoms with Crippen LogP contribution in [0.3, 0.4) is 0 Å². The van der Waals surface area contributed by atoms with Gasteiger partial charge in [-0.2, -0.15) is 0 Å². The molecule has 2 fully saturated rings. The Balaban J connectivity index is 1.52. The summed E-state index contributed by atoms with van der Waals surface area (Å²) < 4.78 is 27.6. The summed E-state index contributed by atoms with van der Waals surface area (Å²) in [5, 5.41) is 8.31. The molecule has 0 aliphatic heterocycles. The van der Waals surface area contributed by atoms with E-state index in [9.17, 15) is 8.42 Å². The van der Waals surface area contributed by atoms with Crippen LogP contribution in [-0.2, 0) is 16.6 Å². The van der Waals surface area contributed by atoms with Gasteiger partial charge in [0.2, 0.25) is 5.09 Å². The fraction of sp³-hybridized carbons (Fsp3) is 0.733. The quantitative estimate of drug-likeness (QED) is 0.874. The fourth-order valence-corrected chi connectivity index (χ4v) is 4.44. The second kappa shape index (κ2) is 5.74. The summed E-state index contributed by atoms with van der Waals surface area (Å²) in [5.74, 6) is 1.38. The molecule has 0 bridgehead atoms. The lowest BCUT2D eigenvalue weighted by Gasteiger charge is -2.51. The zero-order valence-electron chi connectivity index (χ0n) is 12.3. The van der Waals surface area contributed by atoms with Gasteiger partial charge in [-0.1, -0.05) is 19.3 Å². The van der Waals surface area contributed by atoms with E-state index in [1.165, 1.54) is 51.0 Å². The molecule has 118 valence electrons. The van der Waals surface area contributed by atoms with Crippen LogP contribution in [0.4, 0.5) is 0 Å². The van der Waals surface area contributed by atoms with Gasteiger partial charge in [-0.25, -0.2) is 13.6 Å². The second-order valence-corrected chi connectivity index (χ2v) is 8.05. The monoisotopic (exact) mass is 312 g/mol. The largest absolute Gasteiger partial charge is 0.447 e. The Morgan fingerprint density at radius 1 is 1.24 bits per heavy atom. The van der Waals surface area contributed by atoms with E-state index in [1.54, 1.807) is 6.07 Å². The number of furan rings is 1. The Kier molecular flexibility index (Phi) is 4.12. The molecule has 2 aliphatic rings. The number of nitrogens with one attached hydrogen (secondary N) is 1. The van der Waals surface area contributed by atoms with Crippen LogP contribution < -0.4 is 10.5 Å². The van der Waals surface area contributed by atoms with Crippen LogP contribution in [0.15, 0.2) is 21.6 Å². The van der Waals surface area contributed by atoms with Gasteiger partial charge in [0, 0.05) is 0 Å². The summed E-state index contributed by atoms with van der Waals surface area (Å²) in [6, 6.07) is 3.09. The normalized spacial score (nSPS) is 24.9. The summed E-state index contributed by atoms with van der Waals surface area (Å²) in [6.07, 6.45) is 9.57. The molecule has 2 saturated carbocycles. The maximum atomic E-state index is 11.2. The highest BCUT2D eigenvalue weighted by Gasteiger charge is 2.44. The van der Waals surface area contributed by atoms with Crippen molar-refractivity contribution in [1.29, 1.82) is 0 Å². The highest BCUT2D eigenvalue weighted by Crippen LogP contribution is 2.54. The molecule has 1 aromatic heterocycles. The Morgan fingerprint density at radius 3 is 2.62 bits per heavy atom. The van der Waals surface area contributed by atoms with Crippen LogP contribution in [0, 0.1) is 11.3 Å². The molecular formula is C15H24N2O3S. The van der Waals surface area contributed by atoms with E-state index in [1.807, 2.05) is 0 Å². The van der Waals surface area contributed by atoms with Crippen LogP contribution in [0.25, 0.3) is 0 Å². The van der Waals surface area contributed by atoms with Crippen molar-refractivity contribution in [2.75, 3.05) is 6.54 Å². The van der Waals surface area contributed by atoms with Crippen LogP contribution in [-0.4, -0.2) is 15.0 Å². The molecular weight excluding hydrogens is 288 g/mol. The lowest BCUT2D eigenvalue weighted by molar-refractivity contribution is 0.00711. The van der Waals surface area contributed by atoms with E-state index < -0.39 is 10.0 Å². The molecule has 1 aromatic rings. The molecule has 5 nitrogen and oxygen atoms in total. The minimum absolute atomic E-state index is 0.160. The first kappa shape index (κ1) is 15.1. The number of hydrogen-bond donors (Lipinski definition) is 2. The highest BCUT2D eigenvalue weighted by molar-refractivity contribution is 7.89. The van der Waals surface area contributed by atoms with Gasteiger partial charge in [0.15, 0.2) is 0 Å². The molecule has 0 radical (unpaired) electrons. The molecule has 1 spiro atoms. The minimum Gasteiger partial charge on any atom is -0.447 e. The SMILES string of the molecule is NS(=O)(=O)c1ccc(CNCC2CCCCC23CCC3)o1. The van der Waals surface area contributed by atoms with Crippen LogP contribution in [0.5, 0.6) is 0 Å². The molecule has 0 aromatic carbocycles. The third-order valence-electron chi connectivity index (χ3n) is 5.30. The van der Waals surface area contributed by atoms with Crippen LogP contribution in [0.1, 0.15) is 50.7 Å². The van der Waals surface area contributed by atoms with Gasteiger partial charge < -0.3 is 9.73 Å². The van der Waals surface area contributed by atoms with Crippen molar-refractivity contribution in [3.63, 3.8) is 0 Å². The van der Waals surface area contributed by atoms with Gasteiger partial charge in [-0.3, -0.25) is 0 Å². The van der Waals surface area contributed by atoms with Crippen molar-refractivity contribution >= 4 is 10.0 Å². The molecule has 1 atom stereocenters. The first-order valence-electron chi connectivity index (χ1n) is 7.82. The smallest absolute Gasteiger partial charge is 0.271 e. The molecule has 3 rings (SSSR count). The summed E-state index contributed by atoms with van der Waals surface area (Å²) in [6.45, 7) is 1.55. The van der Waals surface area contributed by atoms with Crippen molar-refractivity contribution in [3.05, 3.63) is 17.9 Å². The molecule has 1 unspecified atom stereocenters. The summed E-state index contributed by atoms with van der Waals surface area (Å²) in [5.41, 5.74) is 0.597. The molecule has 1 heterocycles. The van der Waals surface area contributed by atoms with Gasteiger partial charge in [0.25, 0.3) is 10.0 Å². The predicted octanol–water partition coefficient (Wildman–Crippen LogP) is 2.38. The lowest BCUT2D eigenvalue weighted by Crippen LogP contribution is -2.44. The average Bonchev–Trinajstić information content (AvgIpc) is 2.86. The predicted molar refractivity (Wildman–Crippen MR) is 80.0 cm³/mol. The first-order chi connectivity index (χ1) is 10.00. The second-order valence-electron chi connectivity index (χ2n) is 6.56. The maximum absolute atomic E-state index is 11.2. The Morgan fingerprint density at radius 2 is 2.00 bits per heavy atom. The molecule has 6 heteroatoms. The number of sulfonamides is 1. The van der Waals surface area contributed by atoms with Crippen molar-refractivity contribution < 1.29 is 12.8 Å². The molecule has 3 N–H and O–H groups in total. The number of rotatable bonds is 5. The highest BCUT2D eigenvalue weighted by atomic mass is 32.2. The van der Waals surface area contributed by atoms with E-state index in [0.29, 0.717) is 17.7 Å². The third kappa shape index (κ3) is 3.17. The molecule has 0 amide bonds. The number of primary sulfonamides is 1. The van der Waals surface area contributed by atoms with E-state index >= 15 is 0 Å². The number of hydrogen-bond acceptors (Lipinski definition) is 4. The van der Waals surface area contributed by atoms with Gasteiger partial charge in [-0.05, 0) is 55.7 Å². The zero-order valence-corrected chi connectivity index (χ0v) is 13.1. The van der Waals surface area contributed by atoms with Gasteiger partial charge in [0.05, 0.1) is 6.54 Å². The van der Waals surface area contributed by atoms with Crippen LogP contribution in [0.2, 0.25) is 0 Å². The summed E-state index contributed by atoms with van der Waals surface area (Å²) in [7, 11) is -3.74. The van der Waals surface area contributed by atoms with E-state index in [0.717, 1.165) is 12.5 Å². The average molecular weight is 312 g/mol. The van der Waals surface area contributed by atoms with Gasteiger partial charge >= 0.3 is 0 Å². The first-order valence-corrected chi connectivity index (χ1v) is 9.36. The summed E-state index contributed by atoms with van der Waals surface area (Å²) >= 11 is 0. The molecule has 2 aliphatic carbocycles. The Labute approximate surface area is 126 Å². The van der Waals surface area contributed by atoms with E-state index in [2.05, 4.69) is 5.32 Å². The zero-order chi connectivity index (χ0) is 14.9. The van der Waals surface area contributed by atoms with Gasteiger partial charge in [0.1, 0.15) is 5.76 Å². The van der Waals surface area contributed by atoms with Crippen molar-refractivity contribution in [2.45, 2.75) is 56.6 Å². The van der Waals surface area contributed by atoms with Crippen molar-refractivity contribution in [3.8, 4) is 0 Å². The standard InChI is InChI=1S/C15H24N2O3S/c16-21(18,19)14-6-5-13(20-14)11-17-10-12-4-1-2-7-15(12)8-3-9-15/h5-6,12,17H,1-4,7-11H2,(H2,16,18,19). The fourth-order valence-electron chi connectivity index (χ4n) is 3.96. The summed E-state index contributed by atoms with van der Waals surface area (Å²) in [4.78, 5) is 0. The Hall–Kier alpha value is -0.850. The Bertz CT molecular complexity index is 590. The maximum Gasteiger partial charge on any atom is 0.271 e. The van der Waals surface area contributed by atoms with E-state index in [4.69, 9.17) is 9.56 Å². The van der Waals surface area contributed by atoms with E-state index in [-0.39, 0.29) is 5.09 Å². The van der Waals surface area contributed by atoms with Crippen LogP contribution >= 0.6 is 0 Å².